The van der Waals surface area contributed by atoms with Crippen molar-refractivity contribution in [3.63, 3.8) is 0 Å². The lowest BCUT2D eigenvalue weighted by Gasteiger charge is -2.33. The first-order valence-corrected chi connectivity index (χ1v) is 7.63. The van der Waals surface area contributed by atoms with Crippen LogP contribution in [0.4, 0.5) is 5.82 Å². The van der Waals surface area contributed by atoms with Gasteiger partial charge in [0, 0.05) is 26.2 Å². The molecule has 1 aliphatic rings. The molecule has 0 radical (unpaired) electrons. The quantitative estimate of drug-likeness (QED) is 0.861. The molecule has 0 saturated carbocycles. The number of nitriles is 1. The van der Waals surface area contributed by atoms with Gasteiger partial charge in [0.05, 0.1) is 5.69 Å². The third kappa shape index (κ3) is 2.81. The Balaban J connectivity index is 1.88. The Kier molecular flexibility index (Phi) is 4.07. The van der Waals surface area contributed by atoms with Gasteiger partial charge in [-0.05, 0) is 31.2 Å². The van der Waals surface area contributed by atoms with E-state index in [1.807, 2.05) is 31.2 Å². The summed E-state index contributed by atoms with van der Waals surface area (Å²) in [7, 11) is 0. The number of anilines is 1. The van der Waals surface area contributed by atoms with Gasteiger partial charge >= 0.3 is 0 Å². The van der Waals surface area contributed by atoms with Crippen LogP contribution < -0.4 is 4.90 Å². The van der Waals surface area contributed by atoms with E-state index in [-0.39, 0.29) is 0 Å². The van der Waals surface area contributed by atoms with Gasteiger partial charge in [0.15, 0.2) is 5.82 Å². The van der Waals surface area contributed by atoms with Crippen LogP contribution in [-0.4, -0.2) is 52.6 Å². The molecule has 2 aromatic rings. The molecule has 3 rings (SSSR count). The number of hydrogen-bond donors (Lipinski definition) is 0. The van der Waals surface area contributed by atoms with E-state index in [2.05, 4.69) is 33.0 Å². The lowest BCUT2D eigenvalue weighted by molar-refractivity contribution is 0.270. The summed E-state index contributed by atoms with van der Waals surface area (Å²) in [6.45, 7) is 9.03. The van der Waals surface area contributed by atoms with Crippen molar-refractivity contribution >= 4 is 5.82 Å². The number of likely N-dealkylation sites (N-methyl/N-ethyl adjacent to an activating group) is 1. The van der Waals surface area contributed by atoms with E-state index < -0.39 is 0 Å². The maximum Gasteiger partial charge on any atom is 0.207 e. The van der Waals surface area contributed by atoms with Gasteiger partial charge in [-0.2, -0.15) is 5.26 Å². The molecule has 0 bridgehead atoms. The van der Waals surface area contributed by atoms with E-state index in [0.29, 0.717) is 11.5 Å². The van der Waals surface area contributed by atoms with Gasteiger partial charge in [0.1, 0.15) is 6.07 Å². The summed E-state index contributed by atoms with van der Waals surface area (Å²) in [6, 6.07) is 10.1. The van der Waals surface area contributed by atoms with Crippen molar-refractivity contribution in [1.82, 2.24) is 19.9 Å². The Hall–Kier alpha value is -2.39. The number of rotatable bonds is 3. The fourth-order valence-corrected chi connectivity index (χ4v) is 2.73. The Labute approximate surface area is 130 Å². The number of piperazine rings is 1. The largest absolute Gasteiger partial charge is 0.350 e. The molecular formula is C16H20N6. The molecule has 0 N–H and O–H groups in total. The highest BCUT2D eigenvalue weighted by molar-refractivity contribution is 5.50. The van der Waals surface area contributed by atoms with Crippen LogP contribution in [0.1, 0.15) is 18.2 Å². The predicted octanol–water partition coefficient (Wildman–Crippen LogP) is 1.59. The lowest BCUT2D eigenvalue weighted by atomic mass is 10.2. The first kappa shape index (κ1) is 14.5. The minimum atomic E-state index is 0.395. The SMILES string of the molecule is CCN1CCN(c2nn(-c3cccc(C)c3)nc2C#N)CC1. The third-order valence-corrected chi connectivity index (χ3v) is 4.05. The molecule has 6 heteroatoms. The number of aromatic nitrogens is 3. The third-order valence-electron chi connectivity index (χ3n) is 4.05. The van der Waals surface area contributed by atoms with Crippen LogP contribution in [0.25, 0.3) is 5.69 Å². The van der Waals surface area contributed by atoms with E-state index in [0.717, 1.165) is 44.0 Å². The van der Waals surface area contributed by atoms with Crippen molar-refractivity contribution in [2.24, 2.45) is 0 Å². The second kappa shape index (κ2) is 6.16. The minimum Gasteiger partial charge on any atom is -0.350 e. The van der Waals surface area contributed by atoms with Crippen LogP contribution in [0.15, 0.2) is 24.3 Å². The zero-order chi connectivity index (χ0) is 15.5. The Bertz CT molecular complexity index is 691. The average Bonchev–Trinajstić information content (AvgIpc) is 2.99. The second-order valence-electron chi connectivity index (χ2n) is 5.53. The first-order chi connectivity index (χ1) is 10.7. The molecule has 0 amide bonds. The van der Waals surface area contributed by atoms with Crippen molar-refractivity contribution in [3.8, 4) is 11.8 Å². The van der Waals surface area contributed by atoms with E-state index in [4.69, 9.17) is 0 Å². The maximum atomic E-state index is 9.36. The standard InChI is InChI=1S/C16H20N6/c1-3-20-7-9-21(10-8-20)16-15(12-17)18-22(19-16)14-6-4-5-13(2)11-14/h4-6,11H,3,7-10H2,1-2H3. The van der Waals surface area contributed by atoms with Crippen LogP contribution in [0.2, 0.25) is 0 Å². The summed E-state index contributed by atoms with van der Waals surface area (Å²) < 4.78 is 0. The van der Waals surface area contributed by atoms with Gasteiger partial charge in [-0.3, -0.25) is 0 Å². The molecule has 1 aliphatic heterocycles. The molecule has 0 aliphatic carbocycles. The fraction of sp³-hybridized carbons (Fsp3) is 0.438. The molecule has 22 heavy (non-hydrogen) atoms. The minimum absolute atomic E-state index is 0.395. The fourth-order valence-electron chi connectivity index (χ4n) is 2.73. The smallest absolute Gasteiger partial charge is 0.207 e. The highest BCUT2D eigenvalue weighted by Gasteiger charge is 2.22. The lowest BCUT2D eigenvalue weighted by Crippen LogP contribution is -2.46. The van der Waals surface area contributed by atoms with Gasteiger partial charge < -0.3 is 9.80 Å². The zero-order valence-electron chi connectivity index (χ0n) is 13.0. The predicted molar refractivity (Wildman–Crippen MR) is 85.1 cm³/mol. The summed E-state index contributed by atoms with van der Waals surface area (Å²) >= 11 is 0. The normalized spacial score (nSPS) is 15.8. The molecule has 1 aromatic heterocycles. The molecule has 0 unspecified atom stereocenters. The number of hydrogen-bond acceptors (Lipinski definition) is 5. The Morgan fingerprint density at radius 2 is 1.95 bits per heavy atom. The van der Waals surface area contributed by atoms with Crippen LogP contribution in [0.3, 0.4) is 0 Å². The van der Waals surface area contributed by atoms with Crippen molar-refractivity contribution in [3.05, 3.63) is 35.5 Å². The topological polar surface area (TPSA) is 61.0 Å². The van der Waals surface area contributed by atoms with Gasteiger partial charge in [-0.25, -0.2) is 0 Å². The maximum absolute atomic E-state index is 9.36. The van der Waals surface area contributed by atoms with Gasteiger partial charge in [-0.15, -0.1) is 15.0 Å². The highest BCUT2D eigenvalue weighted by Crippen LogP contribution is 2.19. The van der Waals surface area contributed by atoms with E-state index in [9.17, 15) is 5.26 Å². The zero-order valence-corrected chi connectivity index (χ0v) is 13.0. The van der Waals surface area contributed by atoms with Crippen LogP contribution in [-0.2, 0) is 0 Å². The molecular weight excluding hydrogens is 276 g/mol. The Morgan fingerprint density at radius 3 is 2.59 bits per heavy atom. The van der Waals surface area contributed by atoms with E-state index >= 15 is 0 Å². The summed E-state index contributed by atoms with van der Waals surface area (Å²) in [5, 5.41) is 18.3. The number of aryl methyl sites for hydroxylation is 1. The molecule has 1 saturated heterocycles. The monoisotopic (exact) mass is 296 g/mol. The molecule has 6 nitrogen and oxygen atoms in total. The number of benzene rings is 1. The number of nitrogens with zero attached hydrogens (tertiary/aromatic N) is 6. The average molecular weight is 296 g/mol. The van der Waals surface area contributed by atoms with E-state index in [1.54, 1.807) is 4.80 Å². The van der Waals surface area contributed by atoms with E-state index in [1.165, 1.54) is 0 Å². The van der Waals surface area contributed by atoms with Gasteiger partial charge in [0.2, 0.25) is 5.69 Å². The molecule has 0 spiro atoms. The van der Waals surface area contributed by atoms with Crippen LogP contribution >= 0.6 is 0 Å². The summed E-state index contributed by atoms with van der Waals surface area (Å²) in [5.41, 5.74) is 2.42. The van der Waals surface area contributed by atoms with Crippen LogP contribution in [0, 0.1) is 18.3 Å². The summed E-state index contributed by atoms with van der Waals surface area (Å²) in [5.74, 6) is 0.694. The molecule has 114 valence electrons. The molecule has 1 aromatic carbocycles. The molecule has 0 atom stereocenters. The first-order valence-electron chi connectivity index (χ1n) is 7.63. The van der Waals surface area contributed by atoms with Gasteiger partial charge in [-0.1, -0.05) is 19.1 Å². The van der Waals surface area contributed by atoms with Crippen molar-refractivity contribution in [1.29, 1.82) is 5.26 Å². The second-order valence-corrected chi connectivity index (χ2v) is 5.53. The summed E-state index contributed by atoms with van der Waals surface area (Å²) in [4.78, 5) is 6.12. The molecule has 1 fully saturated rings. The van der Waals surface area contributed by atoms with Crippen molar-refractivity contribution in [2.75, 3.05) is 37.6 Å². The van der Waals surface area contributed by atoms with Crippen molar-refractivity contribution in [2.45, 2.75) is 13.8 Å². The Morgan fingerprint density at radius 1 is 1.18 bits per heavy atom. The summed E-state index contributed by atoms with van der Waals surface area (Å²) in [6.07, 6.45) is 0. The highest BCUT2D eigenvalue weighted by atomic mass is 15.5. The van der Waals surface area contributed by atoms with Crippen LogP contribution in [0.5, 0.6) is 0 Å². The van der Waals surface area contributed by atoms with Gasteiger partial charge in [0.25, 0.3) is 0 Å². The van der Waals surface area contributed by atoms with Crippen molar-refractivity contribution < 1.29 is 0 Å². The molecule has 2 heterocycles.